The molecule has 0 aliphatic carbocycles. The van der Waals surface area contributed by atoms with Crippen LogP contribution in [0.25, 0.3) is 0 Å². The van der Waals surface area contributed by atoms with Crippen LogP contribution >= 0.6 is 0 Å². The number of aliphatic hydroxyl groups excluding tert-OH is 1. The Morgan fingerprint density at radius 3 is 2.31 bits per heavy atom. The number of rotatable bonds is 5. The molecular formula is C11H24N2O3. The highest BCUT2D eigenvalue weighted by Crippen LogP contribution is 2.06. The third-order valence-electron chi connectivity index (χ3n) is 1.65. The van der Waals surface area contributed by atoms with Gasteiger partial charge in [-0.2, -0.15) is 0 Å². The van der Waals surface area contributed by atoms with Gasteiger partial charge >= 0.3 is 6.09 Å². The minimum Gasteiger partial charge on any atom is -0.444 e. The zero-order valence-electron chi connectivity index (χ0n) is 10.8. The molecule has 0 aromatic heterocycles. The number of aliphatic hydroxyl groups is 1. The van der Waals surface area contributed by atoms with Gasteiger partial charge in [0.1, 0.15) is 5.60 Å². The molecule has 0 heterocycles. The van der Waals surface area contributed by atoms with Crippen molar-refractivity contribution in [3.63, 3.8) is 0 Å². The van der Waals surface area contributed by atoms with Gasteiger partial charge in [-0.15, -0.1) is 0 Å². The van der Waals surface area contributed by atoms with Crippen LogP contribution in [-0.4, -0.2) is 42.0 Å². The number of ether oxygens (including phenoxy) is 1. The van der Waals surface area contributed by atoms with Gasteiger partial charge in [0.15, 0.2) is 0 Å². The lowest BCUT2D eigenvalue weighted by atomic mass is 10.2. The maximum atomic E-state index is 11.4. The van der Waals surface area contributed by atoms with E-state index >= 15 is 0 Å². The average molecular weight is 232 g/mol. The molecule has 0 aliphatic heterocycles. The number of carbonyl (C=O) groups excluding carboxylic acids is 1. The number of alkyl carbamates (subject to hydrolysis) is 1. The molecule has 96 valence electrons. The van der Waals surface area contributed by atoms with E-state index in [1.54, 1.807) is 6.92 Å². The molecule has 0 rings (SSSR count). The summed E-state index contributed by atoms with van der Waals surface area (Å²) in [5.74, 6) is 0. The van der Waals surface area contributed by atoms with Gasteiger partial charge in [0.05, 0.1) is 6.10 Å². The lowest BCUT2D eigenvalue weighted by Crippen LogP contribution is -2.43. The van der Waals surface area contributed by atoms with Crippen LogP contribution in [0.4, 0.5) is 4.79 Å². The maximum Gasteiger partial charge on any atom is 0.407 e. The van der Waals surface area contributed by atoms with Crippen molar-refractivity contribution in [1.29, 1.82) is 0 Å². The molecule has 2 atom stereocenters. The fraction of sp³-hybridized carbons (Fsp3) is 0.909. The largest absolute Gasteiger partial charge is 0.444 e. The first-order valence-electron chi connectivity index (χ1n) is 5.59. The standard InChI is InChI=1S/C11H24N2O3/c1-8(6-12-7-9(2)14)13-10(15)16-11(3,4)5/h8-9,12,14H,6-7H2,1-5H3,(H,13,15)/t8?,9-/m1/s1. The Hall–Kier alpha value is -0.810. The molecule has 1 unspecified atom stereocenters. The molecule has 0 saturated carbocycles. The summed E-state index contributed by atoms with van der Waals surface area (Å²) in [4.78, 5) is 11.4. The molecule has 16 heavy (non-hydrogen) atoms. The molecule has 0 fully saturated rings. The van der Waals surface area contributed by atoms with E-state index in [0.717, 1.165) is 0 Å². The zero-order valence-corrected chi connectivity index (χ0v) is 10.8. The topological polar surface area (TPSA) is 70.6 Å². The fourth-order valence-electron chi connectivity index (χ4n) is 1.07. The van der Waals surface area contributed by atoms with E-state index in [0.29, 0.717) is 13.1 Å². The molecule has 5 nitrogen and oxygen atoms in total. The van der Waals surface area contributed by atoms with Gasteiger partial charge in [-0.25, -0.2) is 4.79 Å². The first-order chi connectivity index (χ1) is 7.20. The van der Waals surface area contributed by atoms with Crippen molar-refractivity contribution in [2.24, 2.45) is 0 Å². The molecule has 0 aromatic carbocycles. The minimum absolute atomic E-state index is 0.0337. The molecule has 0 spiro atoms. The summed E-state index contributed by atoms with van der Waals surface area (Å²) in [5, 5.41) is 14.8. The second-order valence-electron chi connectivity index (χ2n) is 5.05. The van der Waals surface area contributed by atoms with Crippen molar-refractivity contribution < 1.29 is 14.6 Å². The van der Waals surface area contributed by atoms with Crippen molar-refractivity contribution >= 4 is 6.09 Å². The Kier molecular flexibility index (Phi) is 6.36. The van der Waals surface area contributed by atoms with Crippen molar-refractivity contribution in [2.45, 2.75) is 52.4 Å². The van der Waals surface area contributed by atoms with Crippen molar-refractivity contribution in [2.75, 3.05) is 13.1 Å². The summed E-state index contributed by atoms with van der Waals surface area (Å²) < 4.78 is 5.11. The highest BCUT2D eigenvalue weighted by molar-refractivity contribution is 5.68. The molecule has 0 bridgehead atoms. The highest BCUT2D eigenvalue weighted by Gasteiger charge is 2.17. The number of carbonyl (C=O) groups is 1. The second-order valence-corrected chi connectivity index (χ2v) is 5.05. The average Bonchev–Trinajstić information content (AvgIpc) is 1.98. The van der Waals surface area contributed by atoms with Gasteiger partial charge in [0.25, 0.3) is 0 Å². The smallest absolute Gasteiger partial charge is 0.407 e. The first-order valence-corrected chi connectivity index (χ1v) is 5.59. The number of hydrogen-bond donors (Lipinski definition) is 3. The lowest BCUT2D eigenvalue weighted by Gasteiger charge is -2.22. The van der Waals surface area contributed by atoms with Crippen molar-refractivity contribution in [1.82, 2.24) is 10.6 Å². The van der Waals surface area contributed by atoms with Crippen molar-refractivity contribution in [3.8, 4) is 0 Å². The van der Waals surface area contributed by atoms with Crippen LogP contribution in [0.2, 0.25) is 0 Å². The van der Waals surface area contributed by atoms with Gasteiger partial charge in [-0.3, -0.25) is 0 Å². The monoisotopic (exact) mass is 232 g/mol. The van der Waals surface area contributed by atoms with E-state index in [2.05, 4.69) is 10.6 Å². The van der Waals surface area contributed by atoms with Crippen molar-refractivity contribution in [3.05, 3.63) is 0 Å². The van der Waals surface area contributed by atoms with Gasteiger partial charge in [0, 0.05) is 19.1 Å². The van der Waals surface area contributed by atoms with E-state index < -0.39 is 11.7 Å². The molecule has 3 N–H and O–H groups in total. The van der Waals surface area contributed by atoms with E-state index in [1.807, 2.05) is 27.7 Å². The summed E-state index contributed by atoms with van der Waals surface area (Å²) in [7, 11) is 0. The third kappa shape index (κ3) is 9.73. The predicted octanol–water partition coefficient (Wildman–Crippen LogP) is 0.870. The molecule has 0 radical (unpaired) electrons. The van der Waals surface area contributed by atoms with E-state index in [9.17, 15) is 4.79 Å². The van der Waals surface area contributed by atoms with Crippen LogP contribution in [0.3, 0.4) is 0 Å². The summed E-state index contributed by atoms with van der Waals surface area (Å²) in [6, 6.07) is -0.0337. The summed E-state index contributed by atoms with van der Waals surface area (Å²) in [6.07, 6.45) is -0.799. The summed E-state index contributed by atoms with van der Waals surface area (Å²) in [5.41, 5.74) is -0.475. The van der Waals surface area contributed by atoms with Crippen LogP contribution in [0.15, 0.2) is 0 Å². The second kappa shape index (κ2) is 6.70. The quantitative estimate of drug-likeness (QED) is 0.658. The number of nitrogens with one attached hydrogen (secondary N) is 2. The Balaban J connectivity index is 3.70. The van der Waals surface area contributed by atoms with Crippen LogP contribution < -0.4 is 10.6 Å². The fourth-order valence-corrected chi connectivity index (χ4v) is 1.07. The Bertz CT molecular complexity index is 212. The Morgan fingerprint density at radius 1 is 1.31 bits per heavy atom. The number of hydrogen-bond acceptors (Lipinski definition) is 4. The SMILES string of the molecule is CC(CNC[C@@H](C)O)NC(=O)OC(C)(C)C. The molecule has 5 heteroatoms. The molecular weight excluding hydrogens is 208 g/mol. The highest BCUT2D eigenvalue weighted by atomic mass is 16.6. The van der Waals surface area contributed by atoms with Crippen LogP contribution in [0, 0.1) is 0 Å². The summed E-state index contributed by atoms with van der Waals surface area (Å²) in [6.45, 7) is 10.2. The van der Waals surface area contributed by atoms with Gasteiger partial charge in [-0.1, -0.05) is 0 Å². The Morgan fingerprint density at radius 2 is 1.88 bits per heavy atom. The lowest BCUT2D eigenvalue weighted by molar-refractivity contribution is 0.0508. The first kappa shape index (κ1) is 15.2. The molecule has 1 amide bonds. The number of amides is 1. The maximum absolute atomic E-state index is 11.4. The van der Waals surface area contributed by atoms with Gasteiger partial charge in [0.2, 0.25) is 0 Å². The summed E-state index contributed by atoms with van der Waals surface area (Å²) >= 11 is 0. The molecule has 0 aliphatic rings. The van der Waals surface area contributed by atoms with Gasteiger partial charge in [-0.05, 0) is 34.6 Å². The third-order valence-corrected chi connectivity index (χ3v) is 1.65. The van der Waals surface area contributed by atoms with E-state index in [4.69, 9.17) is 9.84 Å². The van der Waals surface area contributed by atoms with Crippen LogP contribution in [-0.2, 0) is 4.74 Å². The minimum atomic E-state index is -0.475. The zero-order chi connectivity index (χ0) is 12.8. The molecule has 0 aromatic rings. The van der Waals surface area contributed by atoms with Crippen LogP contribution in [0.1, 0.15) is 34.6 Å². The van der Waals surface area contributed by atoms with E-state index in [-0.39, 0.29) is 12.1 Å². The molecule has 0 saturated heterocycles. The normalized spacial score (nSPS) is 15.4. The Labute approximate surface area is 97.6 Å². The van der Waals surface area contributed by atoms with Crippen LogP contribution in [0.5, 0.6) is 0 Å². The van der Waals surface area contributed by atoms with E-state index in [1.165, 1.54) is 0 Å². The predicted molar refractivity (Wildman–Crippen MR) is 63.4 cm³/mol. The van der Waals surface area contributed by atoms with Gasteiger partial charge < -0.3 is 20.5 Å².